The number of esters is 5. The van der Waals surface area contributed by atoms with Crippen molar-refractivity contribution < 1.29 is 77.3 Å². The van der Waals surface area contributed by atoms with Crippen molar-refractivity contribution >= 4 is 58.8 Å². The molecule has 5 aliphatic rings. The van der Waals surface area contributed by atoms with Gasteiger partial charge in [0.15, 0.2) is 0 Å². The van der Waals surface area contributed by atoms with Gasteiger partial charge in [0.05, 0.1) is 103 Å². The Bertz CT molecular complexity index is 2530. The van der Waals surface area contributed by atoms with E-state index in [1.54, 1.807) is 19.9 Å². The molecule has 0 aromatic rings. The van der Waals surface area contributed by atoms with Crippen molar-refractivity contribution in [2.75, 3.05) is 75.1 Å². The van der Waals surface area contributed by atoms with Crippen molar-refractivity contribution in [1.29, 1.82) is 0 Å². The molecule has 1 unspecified atom stereocenters. The van der Waals surface area contributed by atoms with E-state index >= 15 is 0 Å². The molecule has 5 aliphatic heterocycles. The van der Waals surface area contributed by atoms with E-state index in [2.05, 4.69) is 16.0 Å². The molecule has 1 saturated heterocycles. The van der Waals surface area contributed by atoms with Crippen molar-refractivity contribution in [3.05, 3.63) is 34.3 Å². The molecule has 0 radical (unpaired) electrons. The zero-order valence-corrected chi connectivity index (χ0v) is 47.9. The van der Waals surface area contributed by atoms with Crippen molar-refractivity contribution in [2.45, 2.75) is 143 Å². The molecule has 8 bridgehead atoms. The third-order valence-electron chi connectivity index (χ3n) is 17.9. The first kappa shape index (κ1) is 63.0. The number of carbonyl (C=O) groups is 7. The van der Waals surface area contributed by atoms with Gasteiger partial charge in [0.1, 0.15) is 5.60 Å². The van der Waals surface area contributed by atoms with Gasteiger partial charge in [-0.3, -0.25) is 48.5 Å². The second kappa shape index (κ2) is 25.5. The molecule has 9 atom stereocenters. The van der Waals surface area contributed by atoms with E-state index in [-0.39, 0.29) is 115 Å². The lowest BCUT2D eigenvalue weighted by Gasteiger charge is -2.48. The second-order valence-corrected chi connectivity index (χ2v) is 22.5. The largest absolute Gasteiger partial charge is 0.469 e. The number of hydrogen-bond donors (Lipinski definition) is 6. The molecule has 0 aromatic heterocycles. The van der Waals surface area contributed by atoms with Gasteiger partial charge in [-0.25, -0.2) is 0 Å². The number of amides is 2. The van der Waals surface area contributed by atoms with Gasteiger partial charge in [0, 0.05) is 102 Å². The summed E-state index contributed by atoms with van der Waals surface area (Å²) in [4.78, 5) is 112. The minimum Gasteiger partial charge on any atom is -0.469 e. The van der Waals surface area contributed by atoms with Crippen LogP contribution in [0.25, 0.3) is 0 Å². The van der Waals surface area contributed by atoms with Gasteiger partial charge in [0.2, 0.25) is 11.8 Å². The lowest BCUT2D eigenvalue weighted by Crippen LogP contribution is -2.60. The summed E-state index contributed by atoms with van der Waals surface area (Å²) in [6.45, 7) is 14.6. The van der Waals surface area contributed by atoms with Gasteiger partial charge < -0.3 is 59.7 Å². The number of ether oxygens (including phenoxy) is 6. The molecule has 22 nitrogen and oxygen atoms in total. The second-order valence-electron chi connectivity index (χ2n) is 22.5. The van der Waals surface area contributed by atoms with E-state index in [9.17, 15) is 48.9 Å². The highest BCUT2D eigenvalue weighted by Gasteiger charge is 2.68. The molecule has 5 heterocycles. The van der Waals surface area contributed by atoms with Crippen LogP contribution in [-0.2, 0) is 62.0 Å². The normalized spacial score (nSPS) is 31.5. The Labute approximate surface area is 457 Å². The van der Waals surface area contributed by atoms with Crippen LogP contribution in [0, 0.1) is 39.4 Å². The van der Waals surface area contributed by atoms with E-state index in [1.165, 1.54) is 35.5 Å². The molecule has 0 spiro atoms. The first-order valence-corrected chi connectivity index (χ1v) is 26.8. The number of nitrogens with zero attached hydrogens (tertiary/aromatic N) is 3. The standard InChI is InChI=1S/C56H84N6O16/c1-32-46-34(14-16-41(67)73-9)51(3,4)37(59-46)29-38-56(72,21-18-39(65)58-23-26-78-27-25-64)54(7,30-40(66)57-22-24-63)49(60-38)33(2)47-35(15-17-42(68)74-10)53(6,31-45(71)77-13)55(8,62-47)50-36(28-44(70)76-12)52(5,48(32)61-50)20-19-43(69)75-11/h29,34-36,50,62-64,72H,14-28,30-31H2,1-13H3,(H,57,66)(H,58,65)/b38-29?,46-32-,47-33-/t34-,35-,36+,50?,52-,53+,54-,55+,56+/m1/s1. The number of aliphatic hydroxyl groups is 3. The summed E-state index contributed by atoms with van der Waals surface area (Å²) in [5.41, 5.74) is -5.19. The Balaban J connectivity index is 2.01. The van der Waals surface area contributed by atoms with Crippen LogP contribution in [0.1, 0.15) is 126 Å². The van der Waals surface area contributed by atoms with E-state index in [0.29, 0.717) is 34.0 Å². The molecule has 0 saturated carbocycles. The van der Waals surface area contributed by atoms with Crippen molar-refractivity contribution in [1.82, 2.24) is 16.0 Å². The number of carbonyl (C=O) groups excluding carboxylic acids is 7. The van der Waals surface area contributed by atoms with Gasteiger partial charge in [-0.1, -0.05) is 34.6 Å². The minimum atomic E-state index is -2.12. The summed E-state index contributed by atoms with van der Waals surface area (Å²) in [6.07, 6.45) is 0.532. The van der Waals surface area contributed by atoms with Crippen molar-refractivity contribution in [3.63, 3.8) is 0 Å². The van der Waals surface area contributed by atoms with E-state index in [1.807, 2.05) is 41.5 Å². The molecule has 1 fully saturated rings. The average Bonchev–Trinajstić information content (AvgIpc) is 4.20. The number of aliphatic hydroxyl groups excluding tert-OH is 2. The monoisotopic (exact) mass is 1100 g/mol. The molecule has 0 aliphatic carbocycles. The Morgan fingerprint density at radius 3 is 1.83 bits per heavy atom. The third-order valence-corrected chi connectivity index (χ3v) is 17.9. The van der Waals surface area contributed by atoms with Gasteiger partial charge in [0.25, 0.3) is 0 Å². The van der Waals surface area contributed by atoms with Crippen LogP contribution >= 0.6 is 0 Å². The number of fused-ring (bicyclic) bond motifs is 6. The Morgan fingerprint density at radius 1 is 0.654 bits per heavy atom. The van der Waals surface area contributed by atoms with Gasteiger partial charge in [-0.2, -0.15) is 0 Å². The van der Waals surface area contributed by atoms with Crippen LogP contribution in [-0.4, -0.2) is 166 Å². The van der Waals surface area contributed by atoms with Crippen LogP contribution in [0.3, 0.4) is 0 Å². The van der Waals surface area contributed by atoms with E-state index < -0.39 is 105 Å². The smallest absolute Gasteiger partial charge is 0.306 e. The summed E-state index contributed by atoms with van der Waals surface area (Å²) in [6, 6.07) is -0.929. The first-order valence-electron chi connectivity index (χ1n) is 26.8. The molecule has 22 heteroatoms. The number of aliphatic imine (C=N–C) groups is 3. The summed E-state index contributed by atoms with van der Waals surface area (Å²) < 4.78 is 31.7. The SMILES string of the molecule is COC(=O)CC[C@@H]1/C2=C(\C)C3=NC([C@H](CC(=O)OC)[C@@]3(C)CCC(=O)OC)[C@]3(C)N/C(=C(/C)C4=NC(=CC(=N2)C1(C)C)[C@@](O)(CCC(=O)NCCOCCO)[C@]4(C)CC(=O)NCCO)[C@@H](CCC(=O)OC)[C@]3(C)CC(=O)OC. The number of hydrogen-bond acceptors (Lipinski definition) is 20. The highest BCUT2D eigenvalue weighted by Crippen LogP contribution is 2.62. The molecule has 6 N–H and O–H groups in total. The van der Waals surface area contributed by atoms with Crippen molar-refractivity contribution in [3.8, 4) is 0 Å². The maximum absolute atomic E-state index is 14.3. The lowest BCUT2D eigenvalue weighted by molar-refractivity contribution is -0.147. The highest BCUT2D eigenvalue weighted by molar-refractivity contribution is 6.12. The molecule has 2 amide bonds. The third kappa shape index (κ3) is 12.2. The lowest BCUT2D eigenvalue weighted by atomic mass is 9.56. The van der Waals surface area contributed by atoms with E-state index in [0.717, 1.165) is 0 Å². The summed E-state index contributed by atoms with van der Waals surface area (Å²) in [5, 5.41) is 42.3. The number of nitrogens with one attached hydrogen (secondary N) is 3. The molecular weight excluding hydrogens is 1010 g/mol. The topological polar surface area (TPSA) is 309 Å². The first-order chi connectivity index (χ1) is 36.7. The molecule has 0 aromatic carbocycles. The van der Waals surface area contributed by atoms with Crippen molar-refractivity contribution in [2.24, 2.45) is 54.4 Å². The molecule has 5 rings (SSSR count). The van der Waals surface area contributed by atoms with Crippen LogP contribution in [0.2, 0.25) is 0 Å². The maximum atomic E-state index is 14.3. The van der Waals surface area contributed by atoms with Gasteiger partial charge in [-0.05, 0) is 63.7 Å². The van der Waals surface area contributed by atoms with Crippen LogP contribution in [0.4, 0.5) is 0 Å². The fourth-order valence-electron chi connectivity index (χ4n) is 13.0. The molecule has 434 valence electrons. The maximum Gasteiger partial charge on any atom is 0.306 e. The van der Waals surface area contributed by atoms with Gasteiger partial charge in [-0.15, -0.1) is 0 Å². The Hall–Kier alpha value is -5.84. The predicted molar refractivity (Wildman–Crippen MR) is 287 cm³/mol. The number of methoxy groups -OCH3 is 5. The number of allylic oxidation sites excluding steroid dienone is 5. The average molecular weight is 1100 g/mol. The molecular formula is C56H84N6O16. The predicted octanol–water partition coefficient (Wildman–Crippen LogP) is 3.54. The minimum absolute atomic E-state index is 0.0125. The fraction of sp³-hybridized carbons (Fsp3) is 0.714. The van der Waals surface area contributed by atoms with Crippen LogP contribution in [0.5, 0.6) is 0 Å². The fourth-order valence-corrected chi connectivity index (χ4v) is 13.0. The Kier molecular flexibility index (Phi) is 20.6. The summed E-state index contributed by atoms with van der Waals surface area (Å²) in [7, 11) is 6.43. The van der Waals surface area contributed by atoms with Crippen LogP contribution < -0.4 is 16.0 Å². The molecule has 78 heavy (non-hydrogen) atoms. The summed E-state index contributed by atoms with van der Waals surface area (Å²) in [5.74, 6) is -5.71. The summed E-state index contributed by atoms with van der Waals surface area (Å²) >= 11 is 0. The van der Waals surface area contributed by atoms with Gasteiger partial charge >= 0.3 is 29.8 Å². The van der Waals surface area contributed by atoms with Crippen LogP contribution in [0.15, 0.2) is 49.3 Å². The quantitative estimate of drug-likeness (QED) is 0.0433. The van der Waals surface area contributed by atoms with E-state index in [4.69, 9.17) is 43.4 Å². The highest BCUT2D eigenvalue weighted by atomic mass is 16.5. The Morgan fingerprint density at radius 2 is 1.24 bits per heavy atom. The number of rotatable bonds is 25. The zero-order valence-electron chi connectivity index (χ0n) is 47.9. The zero-order chi connectivity index (χ0) is 58.2.